The second-order valence-corrected chi connectivity index (χ2v) is 2.48. The van der Waals surface area contributed by atoms with E-state index in [0.29, 0.717) is 0 Å². The van der Waals surface area contributed by atoms with Crippen molar-refractivity contribution in [2.45, 2.75) is 25.7 Å². The monoisotopic (exact) mass is 159 g/mol. The van der Waals surface area contributed by atoms with E-state index in [2.05, 4.69) is 5.32 Å². The van der Waals surface area contributed by atoms with Crippen molar-refractivity contribution in [3.05, 3.63) is 0 Å². The molecule has 3 heteroatoms. The predicted octanol–water partition coefficient (Wildman–Crippen LogP) is 0.939. The van der Waals surface area contributed by atoms with Crippen molar-refractivity contribution in [2.24, 2.45) is 0 Å². The minimum Gasteiger partial charge on any atom is -0.385 e. The van der Waals surface area contributed by atoms with Crippen LogP contribution in [0.2, 0.25) is 0 Å². The summed E-state index contributed by atoms with van der Waals surface area (Å²) in [6, 6.07) is 0. The fourth-order valence-corrected chi connectivity index (χ4v) is 0.886. The van der Waals surface area contributed by atoms with Crippen LogP contribution >= 0.6 is 0 Å². The molecular weight excluding hydrogens is 142 g/mol. The molecule has 0 saturated heterocycles. The van der Waals surface area contributed by atoms with Crippen LogP contribution in [0.15, 0.2) is 0 Å². The van der Waals surface area contributed by atoms with Crippen molar-refractivity contribution >= 4 is 6.41 Å². The molecule has 0 aromatic heterocycles. The Hall–Kier alpha value is -0.570. The molecule has 0 aliphatic heterocycles. The van der Waals surface area contributed by atoms with Crippen LogP contribution in [0.4, 0.5) is 0 Å². The van der Waals surface area contributed by atoms with Gasteiger partial charge in [0.25, 0.3) is 0 Å². The van der Waals surface area contributed by atoms with E-state index in [1.54, 1.807) is 7.11 Å². The SMILES string of the molecule is COCCCCCCNC=O. The van der Waals surface area contributed by atoms with Gasteiger partial charge in [-0.05, 0) is 12.8 Å². The molecule has 1 amide bonds. The Morgan fingerprint density at radius 1 is 1.27 bits per heavy atom. The van der Waals surface area contributed by atoms with Crippen LogP contribution < -0.4 is 5.32 Å². The molecule has 0 spiro atoms. The van der Waals surface area contributed by atoms with Crippen molar-refractivity contribution < 1.29 is 9.53 Å². The molecule has 66 valence electrons. The zero-order valence-electron chi connectivity index (χ0n) is 7.14. The Labute approximate surface area is 68.1 Å². The van der Waals surface area contributed by atoms with Crippen molar-refractivity contribution in [1.29, 1.82) is 0 Å². The van der Waals surface area contributed by atoms with Gasteiger partial charge in [-0.25, -0.2) is 0 Å². The number of nitrogens with one attached hydrogen (secondary N) is 1. The highest BCUT2D eigenvalue weighted by molar-refractivity contribution is 5.45. The summed E-state index contributed by atoms with van der Waals surface area (Å²) < 4.78 is 4.90. The van der Waals surface area contributed by atoms with Gasteiger partial charge in [0.2, 0.25) is 6.41 Å². The first-order valence-corrected chi connectivity index (χ1v) is 4.07. The number of ether oxygens (including phenoxy) is 1. The molecule has 0 rings (SSSR count). The van der Waals surface area contributed by atoms with Crippen molar-refractivity contribution in [1.82, 2.24) is 5.32 Å². The van der Waals surface area contributed by atoms with Crippen LogP contribution in [-0.2, 0) is 9.53 Å². The zero-order chi connectivity index (χ0) is 8.36. The van der Waals surface area contributed by atoms with Gasteiger partial charge in [0.1, 0.15) is 0 Å². The van der Waals surface area contributed by atoms with Crippen LogP contribution in [-0.4, -0.2) is 26.7 Å². The molecule has 3 nitrogen and oxygen atoms in total. The highest BCUT2D eigenvalue weighted by atomic mass is 16.5. The van der Waals surface area contributed by atoms with Crippen LogP contribution in [0, 0.1) is 0 Å². The molecule has 0 atom stereocenters. The summed E-state index contributed by atoms with van der Waals surface area (Å²) in [4.78, 5) is 9.81. The highest BCUT2D eigenvalue weighted by Crippen LogP contribution is 1.98. The van der Waals surface area contributed by atoms with Gasteiger partial charge in [0.05, 0.1) is 0 Å². The average Bonchev–Trinajstić information content (AvgIpc) is 2.03. The fraction of sp³-hybridized carbons (Fsp3) is 0.875. The number of hydrogen-bond donors (Lipinski definition) is 1. The third kappa shape index (κ3) is 9.43. The zero-order valence-corrected chi connectivity index (χ0v) is 7.14. The summed E-state index contributed by atoms with van der Waals surface area (Å²) in [5, 5.41) is 2.63. The van der Waals surface area contributed by atoms with E-state index in [9.17, 15) is 4.79 Å². The lowest BCUT2D eigenvalue weighted by Crippen LogP contribution is -2.11. The van der Waals surface area contributed by atoms with Crippen molar-refractivity contribution in [2.75, 3.05) is 20.3 Å². The minimum absolute atomic E-state index is 0.745. The van der Waals surface area contributed by atoms with Gasteiger partial charge in [0.15, 0.2) is 0 Å². The Bertz CT molecular complexity index is 86.2. The quantitative estimate of drug-likeness (QED) is 0.423. The number of unbranched alkanes of at least 4 members (excludes halogenated alkanes) is 3. The smallest absolute Gasteiger partial charge is 0.207 e. The molecule has 0 saturated carbocycles. The van der Waals surface area contributed by atoms with Crippen LogP contribution in [0.25, 0.3) is 0 Å². The molecule has 0 aromatic carbocycles. The molecule has 0 aromatic rings. The van der Waals surface area contributed by atoms with E-state index in [4.69, 9.17) is 4.74 Å². The summed E-state index contributed by atoms with van der Waals surface area (Å²) in [7, 11) is 1.72. The van der Waals surface area contributed by atoms with E-state index in [0.717, 1.165) is 32.4 Å². The lowest BCUT2D eigenvalue weighted by Gasteiger charge is -1.99. The van der Waals surface area contributed by atoms with E-state index in [1.807, 2.05) is 0 Å². The number of methoxy groups -OCH3 is 1. The average molecular weight is 159 g/mol. The standard InChI is InChI=1S/C8H17NO2/c1-11-7-5-3-2-4-6-9-8-10/h8H,2-7H2,1H3,(H,9,10). The summed E-state index contributed by atoms with van der Waals surface area (Å²) in [5.74, 6) is 0. The third-order valence-corrected chi connectivity index (χ3v) is 1.50. The van der Waals surface area contributed by atoms with E-state index in [-0.39, 0.29) is 0 Å². The third-order valence-electron chi connectivity index (χ3n) is 1.50. The number of carbonyl (C=O) groups excluding carboxylic acids is 1. The van der Waals surface area contributed by atoms with Gasteiger partial charge in [-0.1, -0.05) is 12.8 Å². The highest BCUT2D eigenvalue weighted by Gasteiger charge is 1.88. The van der Waals surface area contributed by atoms with Crippen molar-refractivity contribution in [3.63, 3.8) is 0 Å². The maximum absolute atomic E-state index is 9.81. The largest absolute Gasteiger partial charge is 0.385 e. The Kier molecular flexibility index (Phi) is 8.94. The summed E-state index contributed by atoms with van der Waals surface area (Å²) in [6.45, 7) is 1.65. The van der Waals surface area contributed by atoms with Gasteiger partial charge in [-0.15, -0.1) is 0 Å². The number of amides is 1. The fourth-order valence-electron chi connectivity index (χ4n) is 0.886. The maximum atomic E-state index is 9.81. The maximum Gasteiger partial charge on any atom is 0.207 e. The van der Waals surface area contributed by atoms with Crippen LogP contribution in [0.5, 0.6) is 0 Å². The Balaban J connectivity index is 2.74. The van der Waals surface area contributed by atoms with Crippen LogP contribution in [0.1, 0.15) is 25.7 Å². The molecule has 0 aliphatic rings. The number of hydrogen-bond acceptors (Lipinski definition) is 2. The molecule has 11 heavy (non-hydrogen) atoms. The molecule has 0 bridgehead atoms. The van der Waals surface area contributed by atoms with Gasteiger partial charge in [-0.3, -0.25) is 4.79 Å². The molecule has 0 unspecified atom stereocenters. The molecule has 0 fully saturated rings. The predicted molar refractivity (Wildman–Crippen MR) is 44.4 cm³/mol. The molecule has 1 N–H and O–H groups in total. The first-order chi connectivity index (χ1) is 5.41. The minimum atomic E-state index is 0.745. The van der Waals surface area contributed by atoms with E-state index in [1.165, 1.54) is 12.8 Å². The molecule has 0 heterocycles. The molecule has 0 aliphatic carbocycles. The first-order valence-electron chi connectivity index (χ1n) is 4.07. The summed E-state index contributed by atoms with van der Waals surface area (Å²) in [5.41, 5.74) is 0. The van der Waals surface area contributed by atoms with Crippen LogP contribution in [0.3, 0.4) is 0 Å². The summed E-state index contributed by atoms with van der Waals surface area (Å²) >= 11 is 0. The van der Waals surface area contributed by atoms with Crippen molar-refractivity contribution in [3.8, 4) is 0 Å². The van der Waals surface area contributed by atoms with Gasteiger partial charge in [-0.2, -0.15) is 0 Å². The number of rotatable bonds is 8. The molecule has 0 radical (unpaired) electrons. The molecular formula is C8H17NO2. The Morgan fingerprint density at radius 2 is 2.00 bits per heavy atom. The lowest BCUT2D eigenvalue weighted by molar-refractivity contribution is -0.109. The lowest BCUT2D eigenvalue weighted by atomic mass is 10.2. The van der Waals surface area contributed by atoms with E-state index >= 15 is 0 Å². The van der Waals surface area contributed by atoms with Gasteiger partial charge < -0.3 is 10.1 Å². The topological polar surface area (TPSA) is 38.3 Å². The second kappa shape index (κ2) is 9.43. The van der Waals surface area contributed by atoms with Gasteiger partial charge in [0, 0.05) is 20.3 Å². The van der Waals surface area contributed by atoms with Gasteiger partial charge >= 0.3 is 0 Å². The Morgan fingerprint density at radius 3 is 2.64 bits per heavy atom. The van der Waals surface area contributed by atoms with E-state index < -0.39 is 0 Å². The number of carbonyl (C=O) groups is 1. The summed E-state index contributed by atoms with van der Waals surface area (Å²) in [6.07, 6.45) is 5.30. The second-order valence-electron chi connectivity index (χ2n) is 2.48. The first kappa shape index (κ1) is 10.4. The normalized spacial score (nSPS) is 9.55.